The van der Waals surface area contributed by atoms with Crippen molar-refractivity contribution in [2.45, 2.75) is 25.8 Å². The predicted octanol–water partition coefficient (Wildman–Crippen LogP) is 1.62. The summed E-state index contributed by atoms with van der Waals surface area (Å²) in [7, 11) is 4.21. The summed E-state index contributed by atoms with van der Waals surface area (Å²) in [5.41, 5.74) is 1.16. The minimum absolute atomic E-state index is 0.121. The molecule has 0 spiro atoms. The Morgan fingerprint density at radius 2 is 2.00 bits per heavy atom. The maximum absolute atomic E-state index is 11.0. The Balaban J connectivity index is 2.15. The average molecular weight is 263 g/mol. The molecule has 1 aromatic rings. The van der Waals surface area contributed by atoms with E-state index in [0.717, 1.165) is 37.3 Å². The first kappa shape index (κ1) is 13.8. The molecule has 0 unspecified atom stereocenters. The highest BCUT2D eigenvalue weighted by Crippen LogP contribution is 2.23. The van der Waals surface area contributed by atoms with E-state index in [1.165, 1.54) is 0 Å². The van der Waals surface area contributed by atoms with E-state index < -0.39 is 5.97 Å². The zero-order valence-electron chi connectivity index (χ0n) is 11.8. The number of carboxylic acids is 1. The van der Waals surface area contributed by atoms with Crippen molar-refractivity contribution in [2.24, 2.45) is 0 Å². The Morgan fingerprint density at radius 1 is 1.37 bits per heavy atom. The number of anilines is 1. The van der Waals surface area contributed by atoms with E-state index in [-0.39, 0.29) is 5.69 Å². The number of aromatic nitrogens is 1. The van der Waals surface area contributed by atoms with E-state index in [0.29, 0.717) is 6.04 Å². The Hall–Kier alpha value is -1.62. The van der Waals surface area contributed by atoms with E-state index in [4.69, 9.17) is 5.11 Å². The fraction of sp³-hybridized carbons (Fsp3) is 0.571. The van der Waals surface area contributed by atoms with Crippen LogP contribution < -0.4 is 4.90 Å². The molecule has 0 aromatic carbocycles. The second-order valence-electron chi connectivity index (χ2n) is 5.32. The Morgan fingerprint density at radius 3 is 2.53 bits per heavy atom. The van der Waals surface area contributed by atoms with Crippen molar-refractivity contribution in [2.75, 3.05) is 32.1 Å². The van der Waals surface area contributed by atoms with Gasteiger partial charge in [0.25, 0.3) is 0 Å². The van der Waals surface area contributed by atoms with E-state index in [1.807, 2.05) is 13.0 Å². The SMILES string of the molecule is Cc1ccc(C(=O)O)nc1N1CCC(N(C)C)CC1. The molecule has 1 fully saturated rings. The molecule has 1 saturated heterocycles. The van der Waals surface area contributed by atoms with E-state index >= 15 is 0 Å². The molecule has 1 N–H and O–H groups in total. The summed E-state index contributed by atoms with van der Waals surface area (Å²) in [6, 6.07) is 4.01. The molecule has 1 aliphatic heterocycles. The molecule has 2 rings (SSSR count). The highest BCUT2D eigenvalue weighted by molar-refractivity contribution is 5.86. The van der Waals surface area contributed by atoms with Crippen molar-refractivity contribution in [1.82, 2.24) is 9.88 Å². The molecular formula is C14H21N3O2. The summed E-state index contributed by atoms with van der Waals surface area (Å²) in [6.45, 7) is 3.84. The summed E-state index contributed by atoms with van der Waals surface area (Å²) >= 11 is 0. The van der Waals surface area contributed by atoms with Crippen LogP contribution in [0.25, 0.3) is 0 Å². The molecular weight excluding hydrogens is 242 g/mol. The second kappa shape index (κ2) is 5.57. The minimum Gasteiger partial charge on any atom is -0.477 e. The van der Waals surface area contributed by atoms with Crippen molar-refractivity contribution in [3.8, 4) is 0 Å². The van der Waals surface area contributed by atoms with Gasteiger partial charge in [0.05, 0.1) is 0 Å². The lowest BCUT2D eigenvalue weighted by molar-refractivity contribution is 0.0690. The smallest absolute Gasteiger partial charge is 0.354 e. The standard InChI is InChI=1S/C14H21N3O2/c1-10-4-5-12(14(18)19)15-13(10)17-8-6-11(7-9-17)16(2)3/h4-5,11H,6-9H2,1-3H3,(H,18,19). The molecule has 0 bridgehead atoms. The van der Waals surface area contributed by atoms with Crippen LogP contribution in [0.4, 0.5) is 5.82 Å². The number of aromatic carboxylic acids is 1. The molecule has 1 aromatic heterocycles. The normalized spacial score (nSPS) is 16.9. The molecule has 19 heavy (non-hydrogen) atoms. The van der Waals surface area contributed by atoms with Crippen molar-refractivity contribution in [3.05, 3.63) is 23.4 Å². The van der Waals surface area contributed by atoms with Gasteiger partial charge in [0.2, 0.25) is 0 Å². The van der Waals surface area contributed by atoms with Crippen LogP contribution in [0.2, 0.25) is 0 Å². The van der Waals surface area contributed by atoms with Gasteiger partial charge in [-0.15, -0.1) is 0 Å². The van der Waals surface area contributed by atoms with Crippen molar-refractivity contribution < 1.29 is 9.90 Å². The number of carboxylic acid groups (broad SMARTS) is 1. The van der Waals surface area contributed by atoms with Crippen LogP contribution >= 0.6 is 0 Å². The van der Waals surface area contributed by atoms with Gasteiger partial charge in [0, 0.05) is 19.1 Å². The lowest BCUT2D eigenvalue weighted by Gasteiger charge is -2.36. The van der Waals surface area contributed by atoms with Gasteiger partial charge in [-0.3, -0.25) is 0 Å². The van der Waals surface area contributed by atoms with Crippen LogP contribution in [-0.4, -0.2) is 54.2 Å². The molecule has 0 radical (unpaired) electrons. The average Bonchev–Trinajstić information content (AvgIpc) is 2.39. The van der Waals surface area contributed by atoms with Gasteiger partial charge >= 0.3 is 5.97 Å². The lowest BCUT2D eigenvalue weighted by Crippen LogP contribution is -2.42. The van der Waals surface area contributed by atoms with Crippen molar-refractivity contribution in [1.29, 1.82) is 0 Å². The number of carbonyl (C=O) groups is 1. The van der Waals surface area contributed by atoms with Crippen molar-refractivity contribution in [3.63, 3.8) is 0 Å². The fourth-order valence-corrected chi connectivity index (χ4v) is 2.55. The molecule has 0 saturated carbocycles. The predicted molar refractivity (Wildman–Crippen MR) is 74.9 cm³/mol. The molecule has 5 nitrogen and oxygen atoms in total. The van der Waals surface area contributed by atoms with Gasteiger partial charge in [-0.25, -0.2) is 9.78 Å². The molecule has 0 amide bonds. The zero-order valence-corrected chi connectivity index (χ0v) is 11.8. The summed E-state index contributed by atoms with van der Waals surface area (Å²) in [6.07, 6.45) is 2.18. The molecule has 2 heterocycles. The maximum Gasteiger partial charge on any atom is 0.354 e. The monoisotopic (exact) mass is 263 g/mol. The topological polar surface area (TPSA) is 56.7 Å². The number of piperidine rings is 1. The molecule has 0 aliphatic carbocycles. The van der Waals surface area contributed by atoms with Crippen LogP contribution in [0.5, 0.6) is 0 Å². The van der Waals surface area contributed by atoms with Gasteiger partial charge in [-0.2, -0.15) is 0 Å². The molecule has 1 aliphatic rings. The van der Waals surface area contributed by atoms with Crippen molar-refractivity contribution >= 4 is 11.8 Å². The van der Waals surface area contributed by atoms with E-state index in [2.05, 4.69) is 28.9 Å². The van der Waals surface area contributed by atoms with Gasteiger partial charge < -0.3 is 14.9 Å². The number of hydrogen-bond donors (Lipinski definition) is 1. The number of rotatable bonds is 3. The maximum atomic E-state index is 11.0. The first-order valence-corrected chi connectivity index (χ1v) is 6.61. The fourth-order valence-electron chi connectivity index (χ4n) is 2.55. The van der Waals surface area contributed by atoms with E-state index in [9.17, 15) is 4.79 Å². The van der Waals surface area contributed by atoms with Gasteiger partial charge in [-0.1, -0.05) is 6.07 Å². The van der Waals surface area contributed by atoms with Gasteiger partial charge in [-0.05, 0) is 45.5 Å². The number of aryl methyl sites for hydroxylation is 1. The third kappa shape index (κ3) is 3.04. The minimum atomic E-state index is -0.968. The van der Waals surface area contributed by atoms with Crippen LogP contribution in [0.15, 0.2) is 12.1 Å². The highest BCUT2D eigenvalue weighted by atomic mass is 16.4. The number of pyridine rings is 1. The third-order valence-corrected chi connectivity index (χ3v) is 3.78. The summed E-state index contributed by atoms with van der Waals surface area (Å²) in [5, 5.41) is 9.03. The molecule has 104 valence electrons. The number of nitrogens with zero attached hydrogens (tertiary/aromatic N) is 3. The Bertz CT molecular complexity index is 466. The molecule has 5 heteroatoms. The third-order valence-electron chi connectivity index (χ3n) is 3.78. The number of hydrogen-bond acceptors (Lipinski definition) is 4. The van der Waals surface area contributed by atoms with Crippen LogP contribution in [-0.2, 0) is 0 Å². The first-order chi connectivity index (χ1) is 8.99. The Labute approximate surface area is 113 Å². The van der Waals surface area contributed by atoms with Crippen LogP contribution in [0, 0.1) is 6.92 Å². The zero-order chi connectivity index (χ0) is 14.0. The van der Waals surface area contributed by atoms with Gasteiger partial charge in [0.15, 0.2) is 5.69 Å². The quantitative estimate of drug-likeness (QED) is 0.898. The lowest BCUT2D eigenvalue weighted by atomic mass is 10.0. The largest absolute Gasteiger partial charge is 0.477 e. The van der Waals surface area contributed by atoms with Crippen LogP contribution in [0.1, 0.15) is 28.9 Å². The second-order valence-corrected chi connectivity index (χ2v) is 5.32. The van der Waals surface area contributed by atoms with Crippen LogP contribution in [0.3, 0.4) is 0 Å². The Kier molecular flexibility index (Phi) is 4.04. The van der Waals surface area contributed by atoms with Gasteiger partial charge in [0.1, 0.15) is 5.82 Å². The molecule has 0 atom stereocenters. The summed E-state index contributed by atoms with van der Waals surface area (Å²) in [4.78, 5) is 19.7. The summed E-state index contributed by atoms with van der Waals surface area (Å²) in [5.74, 6) is -0.151. The first-order valence-electron chi connectivity index (χ1n) is 6.61. The van der Waals surface area contributed by atoms with E-state index in [1.54, 1.807) is 6.07 Å². The highest BCUT2D eigenvalue weighted by Gasteiger charge is 2.23. The summed E-state index contributed by atoms with van der Waals surface area (Å²) < 4.78 is 0.